The van der Waals surface area contributed by atoms with Crippen LogP contribution in [0.4, 0.5) is 4.39 Å². The van der Waals surface area contributed by atoms with Gasteiger partial charge in [0, 0.05) is 25.7 Å². The van der Waals surface area contributed by atoms with E-state index in [1.165, 1.54) is 15.9 Å². The number of hydrogen-bond donors (Lipinski definition) is 1. The normalized spacial score (nSPS) is 16.2. The van der Waals surface area contributed by atoms with Crippen LogP contribution in [-0.2, 0) is 22.7 Å². The summed E-state index contributed by atoms with van der Waals surface area (Å²) in [7, 11) is 1.58. The molecule has 2 N–H and O–H groups in total. The number of piperazine rings is 1. The Hall–Kier alpha value is -1.95. The number of likely N-dealkylation sites (N-methyl/N-ethyl adjacent to an activating group) is 1. The highest BCUT2D eigenvalue weighted by Gasteiger charge is 2.27. The molecule has 6 heteroatoms. The summed E-state index contributed by atoms with van der Waals surface area (Å²) in [5.41, 5.74) is 6.68. The molecule has 19 heavy (non-hydrogen) atoms. The van der Waals surface area contributed by atoms with Gasteiger partial charge in [0.1, 0.15) is 12.4 Å². The minimum atomic E-state index is -0.392. The zero-order valence-electron chi connectivity index (χ0n) is 10.7. The highest BCUT2D eigenvalue weighted by molar-refractivity contribution is 5.92. The first-order valence-corrected chi connectivity index (χ1v) is 6.00. The Bertz CT molecular complexity index is 519. The molecule has 2 amide bonds. The number of halogens is 1. The summed E-state index contributed by atoms with van der Waals surface area (Å²) in [6.07, 6.45) is 0. The molecule has 0 bridgehead atoms. The highest BCUT2D eigenvalue weighted by Crippen LogP contribution is 2.15. The molecule has 0 spiro atoms. The molecule has 1 heterocycles. The Morgan fingerprint density at radius 1 is 1.26 bits per heavy atom. The summed E-state index contributed by atoms with van der Waals surface area (Å²) in [5, 5.41) is 0. The molecular formula is C13H16FN3O2. The molecule has 1 saturated heterocycles. The van der Waals surface area contributed by atoms with Crippen LogP contribution < -0.4 is 5.73 Å². The van der Waals surface area contributed by atoms with Gasteiger partial charge in [0.25, 0.3) is 0 Å². The van der Waals surface area contributed by atoms with E-state index in [2.05, 4.69) is 0 Å². The van der Waals surface area contributed by atoms with E-state index in [9.17, 15) is 14.0 Å². The Morgan fingerprint density at radius 2 is 2.00 bits per heavy atom. The molecule has 0 atom stereocenters. The maximum atomic E-state index is 13.7. The van der Waals surface area contributed by atoms with E-state index in [1.54, 1.807) is 19.2 Å². The number of nitrogens with zero attached hydrogens (tertiary/aromatic N) is 2. The second-order valence-corrected chi connectivity index (χ2v) is 4.63. The van der Waals surface area contributed by atoms with Gasteiger partial charge in [-0.15, -0.1) is 0 Å². The van der Waals surface area contributed by atoms with Crippen molar-refractivity contribution in [3.63, 3.8) is 0 Å². The molecule has 1 aliphatic rings. The van der Waals surface area contributed by atoms with E-state index in [4.69, 9.17) is 5.73 Å². The lowest BCUT2D eigenvalue weighted by Gasteiger charge is -2.31. The zero-order chi connectivity index (χ0) is 14.0. The van der Waals surface area contributed by atoms with Gasteiger partial charge in [-0.3, -0.25) is 9.59 Å². The maximum absolute atomic E-state index is 13.7. The second kappa shape index (κ2) is 5.36. The smallest absolute Gasteiger partial charge is 0.242 e. The molecule has 0 unspecified atom stereocenters. The van der Waals surface area contributed by atoms with Crippen LogP contribution >= 0.6 is 0 Å². The van der Waals surface area contributed by atoms with E-state index in [0.29, 0.717) is 12.1 Å². The third-order valence-electron chi connectivity index (χ3n) is 3.18. The number of benzene rings is 1. The van der Waals surface area contributed by atoms with Crippen molar-refractivity contribution in [3.8, 4) is 0 Å². The molecule has 0 saturated carbocycles. The van der Waals surface area contributed by atoms with Gasteiger partial charge >= 0.3 is 0 Å². The van der Waals surface area contributed by atoms with Crippen LogP contribution in [0.5, 0.6) is 0 Å². The van der Waals surface area contributed by atoms with E-state index < -0.39 is 5.82 Å². The van der Waals surface area contributed by atoms with E-state index in [-0.39, 0.29) is 31.4 Å². The fourth-order valence-electron chi connectivity index (χ4n) is 1.99. The largest absolute Gasteiger partial charge is 0.335 e. The van der Waals surface area contributed by atoms with Gasteiger partial charge in [-0.25, -0.2) is 4.39 Å². The van der Waals surface area contributed by atoms with Gasteiger partial charge in [0.05, 0.1) is 6.54 Å². The van der Waals surface area contributed by atoms with Crippen molar-refractivity contribution in [1.82, 2.24) is 9.80 Å². The fraction of sp³-hybridized carbons (Fsp3) is 0.385. The summed E-state index contributed by atoms with van der Waals surface area (Å²) in [4.78, 5) is 26.1. The van der Waals surface area contributed by atoms with Crippen molar-refractivity contribution in [2.45, 2.75) is 13.1 Å². The minimum Gasteiger partial charge on any atom is -0.335 e. The average molecular weight is 265 g/mol. The molecule has 1 aromatic rings. The summed E-state index contributed by atoms with van der Waals surface area (Å²) in [5.74, 6) is -0.717. The first-order valence-electron chi connectivity index (χ1n) is 6.00. The number of rotatable bonds is 3. The molecule has 2 rings (SSSR count). The van der Waals surface area contributed by atoms with Gasteiger partial charge in [0.2, 0.25) is 11.8 Å². The van der Waals surface area contributed by atoms with E-state index in [1.807, 2.05) is 0 Å². The van der Waals surface area contributed by atoms with Gasteiger partial charge in [-0.1, -0.05) is 6.07 Å². The molecular weight excluding hydrogens is 249 g/mol. The highest BCUT2D eigenvalue weighted by atomic mass is 19.1. The Kier molecular flexibility index (Phi) is 3.80. The quantitative estimate of drug-likeness (QED) is 0.842. The lowest BCUT2D eigenvalue weighted by Crippen LogP contribution is -2.51. The van der Waals surface area contributed by atoms with Gasteiger partial charge in [-0.05, 0) is 17.7 Å². The van der Waals surface area contributed by atoms with Crippen LogP contribution in [0.25, 0.3) is 0 Å². The number of nitrogens with two attached hydrogens (primary N) is 1. The number of carbonyl (C=O) groups is 2. The standard InChI is InChI=1S/C13H16FN3O2/c1-16-7-13(19)17(8-12(16)18)6-10-4-9(5-15)2-3-11(10)14/h2-4H,5-8,15H2,1H3. The van der Waals surface area contributed by atoms with Crippen LogP contribution in [0.2, 0.25) is 0 Å². The van der Waals surface area contributed by atoms with Crippen molar-refractivity contribution in [2.75, 3.05) is 20.1 Å². The predicted molar refractivity (Wildman–Crippen MR) is 67.3 cm³/mol. The number of carbonyl (C=O) groups excluding carboxylic acids is 2. The second-order valence-electron chi connectivity index (χ2n) is 4.63. The summed E-state index contributed by atoms with van der Waals surface area (Å²) < 4.78 is 13.7. The predicted octanol–water partition coefficient (Wildman–Crippen LogP) is 0.0850. The van der Waals surface area contributed by atoms with Crippen molar-refractivity contribution in [3.05, 3.63) is 35.1 Å². The Labute approximate surface area is 110 Å². The number of amides is 2. The SMILES string of the molecule is CN1CC(=O)N(Cc2cc(CN)ccc2F)CC1=O. The van der Waals surface area contributed by atoms with E-state index in [0.717, 1.165) is 5.56 Å². The average Bonchev–Trinajstić information content (AvgIpc) is 2.38. The Balaban J connectivity index is 2.16. The van der Waals surface area contributed by atoms with Crippen LogP contribution in [-0.4, -0.2) is 41.8 Å². The van der Waals surface area contributed by atoms with Crippen LogP contribution in [0.1, 0.15) is 11.1 Å². The summed E-state index contributed by atoms with van der Waals surface area (Å²) >= 11 is 0. The molecule has 0 aromatic heterocycles. The first kappa shape index (κ1) is 13.5. The molecule has 1 fully saturated rings. The summed E-state index contributed by atoms with van der Waals surface area (Å²) in [6, 6.07) is 4.57. The molecule has 1 aromatic carbocycles. The maximum Gasteiger partial charge on any atom is 0.242 e. The van der Waals surface area contributed by atoms with Gasteiger partial charge in [-0.2, -0.15) is 0 Å². The first-order chi connectivity index (χ1) is 9.01. The number of hydrogen-bond acceptors (Lipinski definition) is 3. The lowest BCUT2D eigenvalue weighted by molar-refractivity contribution is -0.149. The van der Waals surface area contributed by atoms with Gasteiger partial charge in [0.15, 0.2) is 0 Å². The summed E-state index contributed by atoms with van der Waals surface area (Å²) in [6.45, 7) is 0.430. The molecule has 0 aliphatic carbocycles. The van der Waals surface area contributed by atoms with Crippen molar-refractivity contribution in [1.29, 1.82) is 0 Å². The van der Waals surface area contributed by atoms with Crippen LogP contribution in [0.15, 0.2) is 18.2 Å². The molecule has 0 radical (unpaired) electrons. The van der Waals surface area contributed by atoms with Gasteiger partial charge < -0.3 is 15.5 Å². The third kappa shape index (κ3) is 2.90. The van der Waals surface area contributed by atoms with Crippen molar-refractivity contribution in [2.24, 2.45) is 5.73 Å². The molecule has 102 valence electrons. The Morgan fingerprint density at radius 3 is 2.68 bits per heavy atom. The monoisotopic (exact) mass is 265 g/mol. The lowest BCUT2D eigenvalue weighted by atomic mass is 10.1. The third-order valence-corrected chi connectivity index (χ3v) is 3.18. The minimum absolute atomic E-state index is 0.0123. The van der Waals surface area contributed by atoms with Crippen LogP contribution in [0, 0.1) is 5.82 Å². The topological polar surface area (TPSA) is 66.6 Å². The fourth-order valence-corrected chi connectivity index (χ4v) is 1.99. The van der Waals surface area contributed by atoms with Crippen molar-refractivity contribution >= 4 is 11.8 Å². The van der Waals surface area contributed by atoms with E-state index >= 15 is 0 Å². The zero-order valence-corrected chi connectivity index (χ0v) is 10.7. The molecule has 5 nitrogen and oxygen atoms in total. The van der Waals surface area contributed by atoms with Crippen molar-refractivity contribution < 1.29 is 14.0 Å². The molecule has 1 aliphatic heterocycles. The van der Waals surface area contributed by atoms with Crippen LogP contribution in [0.3, 0.4) is 0 Å².